The number of carbonyl (C=O) groups is 2. The fraction of sp³-hybridized carbons (Fsp3) is 0.143. The van der Waals surface area contributed by atoms with Crippen LogP contribution in [-0.2, 0) is 14.3 Å². The van der Waals surface area contributed by atoms with E-state index in [1.54, 1.807) is 13.0 Å². The summed E-state index contributed by atoms with van der Waals surface area (Å²) in [6, 6.07) is 11.4. The molecule has 0 saturated heterocycles. The van der Waals surface area contributed by atoms with Crippen LogP contribution in [0.2, 0.25) is 0 Å². The first-order chi connectivity index (χ1) is 9.13. The van der Waals surface area contributed by atoms with Crippen LogP contribution >= 0.6 is 15.9 Å². The van der Waals surface area contributed by atoms with E-state index in [1.165, 1.54) is 0 Å². The lowest BCUT2D eigenvalue weighted by Crippen LogP contribution is -2.25. The van der Waals surface area contributed by atoms with Gasteiger partial charge in [0.05, 0.1) is 12.3 Å². The molecule has 5 heteroatoms. The van der Waals surface area contributed by atoms with Crippen LogP contribution < -0.4 is 5.32 Å². The summed E-state index contributed by atoms with van der Waals surface area (Å²) in [5.74, 6) is -1.67. The minimum atomic E-state index is -0.887. The molecule has 1 amide bonds. The number of carbonyl (C=O) groups excluding carboxylic acids is 2. The summed E-state index contributed by atoms with van der Waals surface area (Å²) < 4.78 is 5.38. The van der Waals surface area contributed by atoms with Crippen LogP contribution in [0.4, 0.5) is 5.69 Å². The summed E-state index contributed by atoms with van der Waals surface area (Å²) >= 11 is 3.43. The molecule has 0 unspecified atom stereocenters. The Balaban J connectivity index is 2.29. The number of halogens is 1. The smallest absolute Gasteiger partial charge is 0.397 e. The first-order valence-electron chi connectivity index (χ1n) is 5.79. The third-order valence-corrected chi connectivity index (χ3v) is 3.43. The molecule has 0 aromatic heterocycles. The molecule has 1 N–H and O–H groups in total. The maximum Gasteiger partial charge on any atom is 0.397 e. The molecule has 0 aliphatic carbocycles. The first kappa shape index (κ1) is 13.5. The van der Waals surface area contributed by atoms with E-state index < -0.39 is 11.9 Å². The molecule has 0 bridgehead atoms. The van der Waals surface area contributed by atoms with Gasteiger partial charge in [-0.2, -0.15) is 0 Å². The summed E-state index contributed by atoms with van der Waals surface area (Å²) in [5.41, 5.74) is 0.539. The number of fused-ring (bicyclic) bond motifs is 1. The number of esters is 1. The summed E-state index contributed by atoms with van der Waals surface area (Å²) in [6.45, 7) is 1.82. The van der Waals surface area contributed by atoms with Crippen molar-refractivity contribution in [3.8, 4) is 0 Å². The zero-order chi connectivity index (χ0) is 13.8. The Morgan fingerprint density at radius 1 is 1.21 bits per heavy atom. The first-order valence-corrected chi connectivity index (χ1v) is 6.58. The van der Waals surface area contributed by atoms with Gasteiger partial charge in [0.2, 0.25) is 0 Å². The minimum absolute atomic E-state index is 0.172. The Bertz CT molecular complexity index is 640. The third-order valence-electron chi connectivity index (χ3n) is 2.57. The number of hydrogen-bond acceptors (Lipinski definition) is 3. The van der Waals surface area contributed by atoms with E-state index >= 15 is 0 Å². The molecule has 0 atom stereocenters. The molecule has 2 aromatic rings. The quantitative estimate of drug-likeness (QED) is 0.683. The van der Waals surface area contributed by atoms with Gasteiger partial charge >= 0.3 is 11.9 Å². The largest absolute Gasteiger partial charge is 0.459 e. The maximum atomic E-state index is 11.6. The van der Waals surface area contributed by atoms with E-state index in [0.29, 0.717) is 5.69 Å². The minimum Gasteiger partial charge on any atom is -0.459 e. The zero-order valence-electron chi connectivity index (χ0n) is 10.3. The van der Waals surface area contributed by atoms with Crippen molar-refractivity contribution in [2.24, 2.45) is 0 Å². The molecule has 2 rings (SSSR count). The molecule has 19 heavy (non-hydrogen) atoms. The van der Waals surface area contributed by atoms with Crippen molar-refractivity contribution in [1.29, 1.82) is 0 Å². The molecule has 0 spiro atoms. The van der Waals surface area contributed by atoms with Gasteiger partial charge in [0.15, 0.2) is 0 Å². The molecule has 0 fully saturated rings. The van der Waals surface area contributed by atoms with Crippen LogP contribution in [0.5, 0.6) is 0 Å². The van der Waals surface area contributed by atoms with Crippen LogP contribution in [0, 0.1) is 0 Å². The van der Waals surface area contributed by atoms with Crippen LogP contribution in [0.25, 0.3) is 10.8 Å². The highest BCUT2D eigenvalue weighted by atomic mass is 79.9. The van der Waals surface area contributed by atoms with Crippen molar-refractivity contribution in [1.82, 2.24) is 0 Å². The summed E-state index contributed by atoms with van der Waals surface area (Å²) in [4.78, 5) is 22.9. The molecule has 2 aromatic carbocycles. The zero-order valence-corrected chi connectivity index (χ0v) is 11.9. The normalized spacial score (nSPS) is 10.2. The van der Waals surface area contributed by atoms with Crippen molar-refractivity contribution < 1.29 is 14.3 Å². The van der Waals surface area contributed by atoms with E-state index in [2.05, 4.69) is 26.0 Å². The molecule has 0 heterocycles. The van der Waals surface area contributed by atoms with Gasteiger partial charge in [0, 0.05) is 4.47 Å². The highest BCUT2D eigenvalue weighted by Gasteiger charge is 2.16. The van der Waals surface area contributed by atoms with Gasteiger partial charge in [-0.15, -0.1) is 0 Å². The topological polar surface area (TPSA) is 55.4 Å². The maximum absolute atomic E-state index is 11.6. The summed E-state index contributed by atoms with van der Waals surface area (Å²) in [6.07, 6.45) is 0. The van der Waals surface area contributed by atoms with Crippen LogP contribution in [0.15, 0.2) is 40.9 Å². The number of anilines is 1. The molecule has 0 aliphatic heterocycles. The Morgan fingerprint density at radius 2 is 1.95 bits per heavy atom. The standard InChI is InChI=1S/C14H12BrNO3/c1-2-19-14(18)13(17)16-11-8-7-9-5-3-4-6-10(9)12(11)15/h3-8H,2H2,1H3,(H,16,17). The van der Waals surface area contributed by atoms with Crippen molar-refractivity contribution in [2.75, 3.05) is 11.9 Å². The van der Waals surface area contributed by atoms with Gasteiger partial charge in [-0.1, -0.05) is 30.3 Å². The number of ether oxygens (including phenoxy) is 1. The van der Waals surface area contributed by atoms with Crippen molar-refractivity contribution in [3.63, 3.8) is 0 Å². The second-order valence-corrected chi connectivity index (χ2v) is 4.62. The van der Waals surface area contributed by atoms with Crippen LogP contribution in [0.3, 0.4) is 0 Å². The Labute approximate surface area is 118 Å². The van der Waals surface area contributed by atoms with Crippen LogP contribution in [-0.4, -0.2) is 18.5 Å². The lowest BCUT2D eigenvalue weighted by atomic mass is 10.1. The third kappa shape index (κ3) is 2.93. The molecular weight excluding hydrogens is 310 g/mol. The SMILES string of the molecule is CCOC(=O)C(=O)Nc1ccc2ccccc2c1Br. The summed E-state index contributed by atoms with van der Waals surface area (Å²) in [7, 11) is 0. The van der Waals surface area contributed by atoms with Crippen molar-refractivity contribution >= 4 is 44.3 Å². The predicted octanol–water partition coefficient (Wildman–Crippen LogP) is 3.10. The average Bonchev–Trinajstić information content (AvgIpc) is 2.42. The second-order valence-electron chi connectivity index (χ2n) is 3.82. The second kappa shape index (κ2) is 5.84. The molecule has 0 radical (unpaired) electrons. The van der Waals surface area contributed by atoms with Gasteiger partial charge in [-0.05, 0) is 39.7 Å². The molecule has 0 aliphatic rings. The highest BCUT2D eigenvalue weighted by molar-refractivity contribution is 9.10. The summed E-state index contributed by atoms with van der Waals surface area (Å²) in [5, 5.41) is 4.53. The van der Waals surface area contributed by atoms with Crippen LogP contribution in [0.1, 0.15) is 6.92 Å². The van der Waals surface area contributed by atoms with E-state index in [9.17, 15) is 9.59 Å². The van der Waals surface area contributed by atoms with E-state index in [1.807, 2.05) is 30.3 Å². The fourth-order valence-corrected chi connectivity index (χ4v) is 2.29. The Hall–Kier alpha value is -1.88. The van der Waals surface area contributed by atoms with Gasteiger partial charge in [-0.3, -0.25) is 4.79 Å². The number of amides is 1. The fourth-order valence-electron chi connectivity index (χ4n) is 1.70. The van der Waals surface area contributed by atoms with Gasteiger partial charge in [-0.25, -0.2) is 4.79 Å². The predicted molar refractivity (Wildman–Crippen MR) is 76.9 cm³/mol. The van der Waals surface area contributed by atoms with E-state index in [0.717, 1.165) is 15.2 Å². The number of hydrogen-bond donors (Lipinski definition) is 1. The van der Waals surface area contributed by atoms with Crippen molar-refractivity contribution in [2.45, 2.75) is 6.92 Å². The van der Waals surface area contributed by atoms with Gasteiger partial charge < -0.3 is 10.1 Å². The Kier molecular flexibility index (Phi) is 4.16. The van der Waals surface area contributed by atoms with E-state index in [4.69, 9.17) is 0 Å². The molecular formula is C14H12BrNO3. The Morgan fingerprint density at radius 3 is 2.68 bits per heavy atom. The molecule has 98 valence electrons. The molecule has 4 nitrogen and oxygen atoms in total. The van der Waals surface area contributed by atoms with Gasteiger partial charge in [0.25, 0.3) is 0 Å². The molecule has 0 saturated carbocycles. The average molecular weight is 322 g/mol. The van der Waals surface area contributed by atoms with E-state index in [-0.39, 0.29) is 6.61 Å². The number of rotatable bonds is 2. The number of nitrogens with one attached hydrogen (secondary N) is 1. The van der Waals surface area contributed by atoms with Gasteiger partial charge in [0.1, 0.15) is 0 Å². The number of benzene rings is 2. The lowest BCUT2D eigenvalue weighted by molar-refractivity contribution is -0.152. The lowest BCUT2D eigenvalue weighted by Gasteiger charge is -2.09. The highest BCUT2D eigenvalue weighted by Crippen LogP contribution is 2.31. The van der Waals surface area contributed by atoms with Crippen molar-refractivity contribution in [3.05, 3.63) is 40.9 Å². The monoisotopic (exact) mass is 321 g/mol.